The van der Waals surface area contributed by atoms with E-state index >= 15 is 0 Å². The van der Waals surface area contributed by atoms with Gasteiger partial charge in [0.05, 0.1) is 5.75 Å². The molecule has 0 saturated heterocycles. The van der Waals surface area contributed by atoms with Gasteiger partial charge in [0, 0.05) is 18.5 Å². The van der Waals surface area contributed by atoms with Gasteiger partial charge in [-0.1, -0.05) is 6.07 Å². The average molecular weight is 442 g/mol. The number of sulfonamides is 1. The molecule has 164 valence electrons. The van der Waals surface area contributed by atoms with Crippen LogP contribution in [0.15, 0.2) is 24.3 Å². The quantitative estimate of drug-likeness (QED) is 0.349. The van der Waals surface area contributed by atoms with Gasteiger partial charge in [-0.3, -0.25) is 14.4 Å². The molecule has 0 spiro atoms. The molecule has 0 saturated carbocycles. The first-order valence-corrected chi connectivity index (χ1v) is 10.5. The van der Waals surface area contributed by atoms with Crippen molar-refractivity contribution in [3.63, 3.8) is 0 Å². The summed E-state index contributed by atoms with van der Waals surface area (Å²) in [4.78, 5) is 33.7. The van der Waals surface area contributed by atoms with Crippen molar-refractivity contribution >= 4 is 33.9 Å². The number of carboxylic acids is 2. The van der Waals surface area contributed by atoms with Crippen molar-refractivity contribution in [2.75, 3.05) is 12.5 Å². The summed E-state index contributed by atoms with van der Waals surface area (Å²) in [6.45, 7) is 1.57. The minimum Gasteiger partial charge on any atom is -0.481 e. The number of nitrogens with one attached hydrogen (secondary N) is 2. The van der Waals surface area contributed by atoms with Crippen LogP contribution in [0.3, 0.4) is 0 Å². The van der Waals surface area contributed by atoms with Crippen molar-refractivity contribution in [3.05, 3.63) is 29.8 Å². The summed E-state index contributed by atoms with van der Waals surface area (Å²) in [5, 5.41) is 20.1. The van der Waals surface area contributed by atoms with E-state index in [0.29, 0.717) is 17.1 Å². The molecular formula is C18H22N2O9S. The fourth-order valence-electron chi connectivity index (χ4n) is 2.62. The first kappa shape index (κ1) is 23.2. The molecule has 2 rings (SSSR count). The molecule has 11 nitrogen and oxygen atoms in total. The molecule has 0 aromatic heterocycles. The number of hydrogen-bond donors (Lipinski definition) is 4. The van der Waals surface area contributed by atoms with Crippen LogP contribution in [-0.4, -0.2) is 61.1 Å². The molecule has 0 fully saturated rings. The number of carbonyl (C=O) groups excluding carboxylic acids is 1. The number of hydrogen-bond acceptors (Lipinski definition) is 7. The van der Waals surface area contributed by atoms with Gasteiger partial charge in [-0.2, -0.15) is 0 Å². The maximum Gasteiger partial charge on any atom is 0.321 e. The summed E-state index contributed by atoms with van der Waals surface area (Å²) in [7, 11) is -4.09. The zero-order chi connectivity index (χ0) is 22.3. The van der Waals surface area contributed by atoms with Crippen LogP contribution in [0.1, 0.15) is 25.3 Å². The number of fused-ring (bicyclic) bond motifs is 1. The first-order chi connectivity index (χ1) is 14.1. The minimum atomic E-state index is -4.09. The zero-order valence-corrected chi connectivity index (χ0v) is 16.8. The summed E-state index contributed by atoms with van der Waals surface area (Å²) in [6, 6.07) is 2.71. The van der Waals surface area contributed by atoms with Crippen molar-refractivity contribution in [3.8, 4) is 11.5 Å². The Bertz CT molecular complexity index is 943. The minimum absolute atomic E-state index is 0.127. The predicted molar refractivity (Wildman–Crippen MR) is 104 cm³/mol. The van der Waals surface area contributed by atoms with Gasteiger partial charge in [0.15, 0.2) is 11.5 Å². The van der Waals surface area contributed by atoms with Gasteiger partial charge in [0.25, 0.3) is 0 Å². The number of rotatable bonds is 11. The van der Waals surface area contributed by atoms with Gasteiger partial charge in [-0.25, -0.2) is 13.1 Å². The van der Waals surface area contributed by atoms with E-state index in [9.17, 15) is 22.8 Å². The topological polar surface area (TPSA) is 168 Å². The lowest BCUT2D eigenvalue weighted by Crippen LogP contribution is -2.46. The van der Waals surface area contributed by atoms with Crippen molar-refractivity contribution in [1.29, 1.82) is 0 Å². The molecule has 1 aliphatic rings. The van der Waals surface area contributed by atoms with E-state index in [-0.39, 0.29) is 6.79 Å². The SMILES string of the molecule is C[C@@H](CS(=O)(=O)N[C@H](CCC(=O)O)C(=O)O)NC(=O)/C=C/c1ccc2c(c1)OCO2. The highest BCUT2D eigenvalue weighted by atomic mass is 32.2. The van der Waals surface area contributed by atoms with E-state index in [2.05, 4.69) is 5.32 Å². The normalized spacial score (nSPS) is 15.0. The maximum absolute atomic E-state index is 12.2. The van der Waals surface area contributed by atoms with Gasteiger partial charge in [0.2, 0.25) is 22.7 Å². The molecule has 0 radical (unpaired) electrons. The molecule has 1 aromatic rings. The highest BCUT2D eigenvalue weighted by molar-refractivity contribution is 7.89. The zero-order valence-electron chi connectivity index (χ0n) is 16.0. The van der Waals surface area contributed by atoms with Crippen LogP contribution in [-0.2, 0) is 24.4 Å². The first-order valence-electron chi connectivity index (χ1n) is 8.88. The Labute approximate surface area is 172 Å². The summed E-state index contributed by atoms with van der Waals surface area (Å²) in [5.74, 6) is -2.69. The van der Waals surface area contributed by atoms with Crippen LogP contribution in [0.25, 0.3) is 6.08 Å². The summed E-state index contributed by atoms with van der Waals surface area (Å²) >= 11 is 0. The van der Waals surface area contributed by atoms with Gasteiger partial charge in [-0.05, 0) is 37.1 Å². The molecule has 0 bridgehead atoms. The van der Waals surface area contributed by atoms with E-state index in [1.807, 2.05) is 4.72 Å². The second-order valence-electron chi connectivity index (χ2n) is 6.58. The van der Waals surface area contributed by atoms with Gasteiger partial charge in [0.1, 0.15) is 6.04 Å². The molecule has 1 heterocycles. The second-order valence-corrected chi connectivity index (χ2v) is 8.38. The number of amides is 1. The van der Waals surface area contributed by atoms with Crippen LogP contribution in [0, 0.1) is 0 Å². The number of carbonyl (C=O) groups is 3. The van der Waals surface area contributed by atoms with E-state index in [0.717, 1.165) is 0 Å². The van der Waals surface area contributed by atoms with Crippen molar-refractivity contribution < 1.29 is 42.5 Å². The summed E-state index contributed by atoms with van der Waals surface area (Å²) < 4.78 is 36.7. The Kier molecular flexibility index (Phi) is 7.78. The molecule has 1 aliphatic heterocycles. The third kappa shape index (κ3) is 7.37. The summed E-state index contributed by atoms with van der Waals surface area (Å²) in [5.41, 5.74) is 0.680. The smallest absolute Gasteiger partial charge is 0.321 e. The molecule has 1 amide bonds. The van der Waals surface area contributed by atoms with Crippen molar-refractivity contribution in [1.82, 2.24) is 10.0 Å². The molecule has 2 atom stereocenters. The van der Waals surface area contributed by atoms with E-state index in [1.54, 1.807) is 18.2 Å². The van der Waals surface area contributed by atoms with Crippen LogP contribution in [0.2, 0.25) is 0 Å². The second kappa shape index (κ2) is 10.1. The maximum atomic E-state index is 12.2. The van der Waals surface area contributed by atoms with Crippen molar-refractivity contribution in [2.24, 2.45) is 0 Å². The number of carboxylic acid groups (broad SMARTS) is 2. The summed E-state index contributed by atoms with van der Waals surface area (Å²) in [6.07, 6.45) is 1.84. The van der Waals surface area contributed by atoms with Gasteiger partial charge in [-0.15, -0.1) is 0 Å². The highest BCUT2D eigenvalue weighted by Crippen LogP contribution is 2.32. The number of benzene rings is 1. The van der Waals surface area contributed by atoms with Crippen LogP contribution >= 0.6 is 0 Å². The Balaban J connectivity index is 1.88. The van der Waals surface area contributed by atoms with E-state index < -0.39 is 58.5 Å². The lowest BCUT2D eigenvalue weighted by atomic mass is 10.2. The molecular weight excluding hydrogens is 420 g/mol. The fraction of sp³-hybridized carbons (Fsp3) is 0.389. The van der Waals surface area contributed by atoms with Gasteiger partial charge < -0.3 is 25.0 Å². The van der Waals surface area contributed by atoms with Crippen LogP contribution < -0.4 is 19.5 Å². The van der Waals surface area contributed by atoms with Gasteiger partial charge >= 0.3 is 11.9 Å². The highest BCUT2D eigenvalue weighted by Gasteiger charge is 2.26. The number of ether oxygens (including phenoxy) is 2. The van der Waals surface area contributed by atoms with Crippen molar-refractivity contribution in [2.45, 2.75) is 31.8 Å². The van der Waals surface area contributed by atoms with E-state index in [4.69, 9.17) is 19.7 Å². The molecule has 4 N–H and O–H groups in total. The molecule has 0 unspecified atom stereocenters. The molecule has 1 aromatic carbocycles. The third-order valence-electron chi connectivity index (χ3n) is 3.95. The molecule has 0 aliphatic carbocycles. The largest absolute Gasteiger partial charge is 0.481 e. The lowest BCUT2D eigenvalue weighted by Gasteiger charge is -2.17. The standard InChI is InChI=1S/C18H22N2O9S/c1-11(9-30(26,27)20-13(18(24)25)4-7-17(22)23)19-16(21)6-3-12-2-5-14-15(8-12)29-10-28-14/h2-3,5-6,8,11,13,20H,4,7,9-10H2,1H3,(H,19,21)(H,22,23)(H,24,25)/b6-3+/t11-,13+/m0/s1. The van der Waals surface area contributed by atoms with Crippen LogP contribution in [0.4, 0.5) is 0 Å². The van der Waals surface area contributed by atoms with E-state index in [1.165, 1.54) is 19.1 Å². The monoisotopic (exact) mass is 442 g/mol. The van der Waals surface area contributed by atoms with Crippen LogP contribution in [0.5, 0.6) is 11.5 Å². The predicted octanol–water partition coefficient (Wildman–Crippen LogP) is 0.171. The Morgan fingerprint density at radius 1 is 1.20 bits per heavy atom. The molecule has 12 heteroatoms. The third-order valence-corrected chi connectivity index (χ3v) is 5.53. The lowest BCUT2D eigenvalue weighted by molar-refractivity contribution is -0.140. The Hall–Kier alpha value is -3.12. The molecule has 30 heavy (non-hydrogen) atoms. The fourth-order valence-corrected chi connectivity index (χ4v) is 4.11. The number of aliphatic carboxylic acids is 2. The Morgan fingerprint density at radius 2 is 1.90 bits per heavy atom. The average Bonchev–Trinajstić information content (AvgIpc) is 3.10. The Morgan fingerprint density at radius 3 is 2.57 bits per heavy atom.